The Morgan fingerprint density at radius 3 is 2.76 bits per heavy atom. The number of nitrogens with zero attached hydrogens (tertiary/aromatic N) is 1. The number of carboxylic acids is 1. The van der Waals surface area contributed by atoms with Crippen molar-refractivity contribution in [2.24, 2.45) is 4.99 Å². The predicted molar refractivity (Wildman–Crippen MR) is 99.9 cm³/mol. The number of hydrogen-bond donors (Lipinski definition) is 2. The van der Waals surface area contributed by atoms with Crippen LogP contribution in [0.25, 0.3) is 11.6 Å². The van der Waals surface area contributed by atoms with Crippen LogP contribution in [0.15, 0.2) is 51.2 Å². The molecule has 2 heterocycles. The van der Waals surface area contributed by atoms with Crippen molar-refractivity contribution in [2.75, 3.05) is 0 Å². The molecule has 0 aliphatic carbocycles. The molecule has 0 fully saturated rings. The van der Waals surface area contributed by atoms with Gasteiger partial charge < -0.3 is 14.9 Å². The number of halogens is 1. The highest BCUT2D eigenvalue weighted by Crippen LogP contribution is 2.30. The summed E-state index contributed by atoms with van der Waals surface area (Å²) in [6.07, 6.45) is 1.28. The van der Waals surface area contributed by atoms with Gasteiger partial charge in [-0.2, -0.15) is 0 Å². The van der Waals surface area contributed by atoms with Crippen LogP contribution in [0.3, 0.4) is 0 Å². The lowest BCUT2D eigenvalue weighted by Gasteiger charge is -2.18. The minimum absolute atomic E-state index is 0.0137. The lowest BCUT2D eigenvalue weighted by molar-refractivity contribution is -0.135. The number of carbonyl (C=O) groups is 1. The minimum atomic E-state index is -4.33. The van der Waals surface area contributed by atoms with Crippen molar-refractivity contribution in [3.63, 3.8) is 0 Å². The second-order valence-electron chi connectivity index (χ2n) is 6.74. The number of hydrogen-bond acceptors (Lipinski definition) is 6. The maximum atomic E-state index is 14.8. The number of sulfone groups is 1. The number of aliphatic hydroxyl groups is 1. The SMILES string of the molecule is CC1N=c2ccc(F)c(S(=O)(=O)c3ccc4c(c3)C=CC(O)O4)c2=C1CC(=O)O. The molecule has 2 unspecified atom stereocenters. The number of aliphatic carboxylic acids is 1. The molecule has 0 spiro atoms. The molecule has 29 heavy (non-hydrogen) atoms. The highest BCUT2D eigenvalue weighted by molar-refractivity contribution is 7.91. The molecule has 2 aliphatic rings. The van der Waals surface area contributed by atoms with Gasteiger partial charge in [-0.3, -0.25) is 9.79 Å². The fraction of sp³-hybridized carbons (Fsp3) is 0.200. The summed E-state index contributed by atoms with van der Waals surface area (Å²) in [5, 5.41) is 19.0. The van der Waals surface area contributed by atoms with Gasteiger partial charge >= 0.3 is 5.97 Å². The summed E-state index contributed by atoms with van der Waals surface area (Å²) in [4.78, 5) is 14.8. The fourth-order valence-corrected chi connectivity index (χ4v) is 5.12. The Morgan fingerprint density at radius 1 is 1.28 bits per heavy atom. The van der Waals surface area contributed by atoms with Crippen LogP contribution in [0.2, 0.25) is 0 Å². The van der Waals surface area contributed by atoms with E-state index in [1.165, 1.54) is 36.4 Å². The number of rotatable bonds is 4. The molecular weight excluding hydrogens is 401 g/mol. The normalized spacial score (nSPS) is 19.9. The molecule has 0 radical (unpaired) electrons. The first-order valence-corrected chi connectivity index (χ1v) is 10.2. The molecule has 2 N–H and O–H groups in total. The van der Waals surface area contributed by atoms with Crippen molar-refractivity contribution in [3.05, 3.63) is 58.4 Å². The quantitative estimate of drug-likeness (QED) is 0.768. The minimum Gasteiger partial charge on any atom is -0.481 e. The molecular formula is C20H16FNO6S. The molecule has 150 valence electrons. The predicted octanol–water partition coefficient (Wildman–Crippen LogP) is 1.03. The first-order chi connectivity index (χ1) is 13.7. The van der Waals surface area contributed by atoms with Crippen LogP contribution in [0.1, 0.15) is 18.9 Å². The standard InChI is InChI=1S/C20H16FNO6S/c1-10-13(9-17(23)24)19-15(22-10)5-4-14(21)20(19)29(26,27)12-3-6-16-11(8-12)2-7-18(25)28-16/h2-8,10,18,25H,9H2,1H3,(H,23,24). The molecule has 7 nitrogen and oxygen atoms in total. The number of aliphatic hydroxyl groups excluding tert-OH is 1. The number of fused-ring (bicyclic) bond motifs is 2. The molecule has 0 bridgehead atoms. The van der Waals surface area contributed by atoms with E-state index < -0.39 is 45.3 Å². The van der Waals surface area contributed by atoms with Gasteiger partial charge in [-0.05, 0) is 55.0 Å². The van der Waals surface area contributed by atoms with Gasteiger partial charge in [0.2, 0.25) is 16.1 Å². The van der Waals surface area contributed by atoms with E-state index in [-0.39, 0.29) is 21.0 Å². The monoisotopic (exact) mass is 417 g/mol. The summed E-state index contributed by atoms with van der Waals surface area (Å²) in [6, 6.07) is 5.75. The third-order valence-corrected chi connectivity index (χ3v) is 6.65. The van der Waals surface area contributed by atoms with Crippen molar-refractivity contribution in [1.82, 2.24) is 0 Å². The van der Waals surface area contributed by atoms with Crippen molar-refractivity contribution in [2.45, 2.75) is 35.5 Å². The molecule has 9 heteroatoms. The molecule has 2 aromatic rings. The Labute approximate surface area is 165 Å². The van der Waals surface area contributed by atoms with E-state index in [2.05, 4.69) is 4.99 Å². The van der Waals surface area contributed by atoms with E-state index in [1.807, 2.05) is 0 Å². The Hall–Kier alpha value is -3.04. The molecule has 0 saturated carbocycles. The summed E-state index contributed by atoms with van der Waals surface area (Å²) in [6.45, 7) is 1.64. The zero-order valence-electron chi connectivity index (χ0n) is 15.2. The third kappa shape index (κ3) is 3.22. The largest absolute Gasteiger partial charge is 0.481 e. The van der Waals surface area contributed by atoms with Crippen LogP contribution in [-0.4, -0.2) is 36.9 Å². The lowest BCUT2D eigenvalue weighted by Crippen LogP contribution is -2.32. The molecule has 0 saturated heterocycles. The van der Waals surface area contributed by atoms with Crippen LogP contribution in [0.4, 0.5) is 4.39 Å². The van der Waals surface area contributed by atoms with Crippen molar-refractivity contribution < 1.29 is 32.6 Å². The molecule has 4 rings (SSSR count). The van der Waals surface area contributed by atoms with Gasteiger partial charge in [0.15, 0.2) is 0 Å². The second-order valence-corrected chi connectivity index (χ2v) is 8.63. The van der Waals surface area contributed by atoms with E-state index >= 15 is 0 Å². The third-order valence-electron chi connectivity index (χ3n) is 4.84. The first-order valence-electron chi connectivity index (χ1n) is 8.72. The van der Waals surface area contributed by atoms with Crippen LogP contribution < -0.4 is 15.3 Å². The highest BCUT2D eigenvalue weighted by Gasteiger charge is 2.30. The van der Waals surface area contributed by atoms with Gasteiger partial charge in [-0.1, -0.05) is 0 Å². The Balaban J connectivity index is 1.97. The van der Waals surface area contributed by atoms with Crippen LogP contribution in [0.5, 0.6) is 5.75 Å². The van der Waals surface area contributed by atoms with Gasteiger partial charge in [0.1, 0.15) is 16.5 Å². The Morgan fingerprint density at radius 2 is 2.03 bits per heavy atom. The van der Waals surface area contributed by atoms with E-state index in [1.54, 1.807) is 6.92 Å². The zero-order chi connectivity index (χ0) is 20.9. The topological polar surface area (TPSA) is 113 Å². The average Bonchev–Trinajstić information content (AvgIpc) is 2.96. The van der Waals surface area contributed by atoms with E-state index in [9.17, 15) is 27.8 Å². The summed E-state index contributed by atoms with van der Waals surface area (Å²) < 4.78 is 46.7. The molecule has 2 aromatic carbocycles. The van der Waals surface area contributed by atoms with Crippen LogP contribution >= 0.6 is 0 Å². The van der Waals surface area contributed by atoms with Gasteiger partial charge in [-0.15, -0.1) is 0 Å². The van der Waals surface area contributed by atoms with E-state index in [0.29, 0.717) is 11.3 Å². The van der Waals surface area contributed by atoms with E-state index in [0.717, 1.165) is 6.07 Å². The summed E-state index contributed by atoms with van der Waals surface area (Å²) >= 11 is 0. The van der Waals surface area contributed by atoms with E-state index in [4.69, 9.17) is 4.74 Å². The molecule has 0 aromatic heterocycles. The van der Waals surface area contributed by atoms with Crippen molar-refractivity contribution in [1.29, 1.82) is 0 Å². The van der Waals surface area contributed by atoms with Gasteiger partial charge in [0, 0.05) is 10.8 Å². The molecule has 2 aliphatic heterocycles. The van der Waals surface area contributed by atoms with Crippen LogP contribution in [0, 0.1) is 5.82 Å². The zero-order valence-corrected chi connectivity index (χ0v) is 16.0. The Bertz CT molecular complexity index is 1300. The maximum absolute atomic E-state index is 14.8. The van der Waals surface area contributed by atoms with Crippen molar-refractivity contribution >= 4 is 27.5 Å². The smallest absolute Gasteiger partial charge is 0.307 e. The lowest BCUT2D eigenvalue weighted by atomic mass is 10.0. The number of carboxylic acid groups (broad SMARTS) is 1. The van der Waals surface area contributed by atoms with Crippen LogP contribution in [-0.2, 0) is 14.6 Å². The number of ether oxygens (including phenoxy) is 1. The van der Waals surface area contributed by atoms with Gasteiger partial charge in [0.05, 0.1) is 22.7 Å². The Kier molecular flexibility index (Phi) is 4.51. The average molecular weight is 417 g/mol. The van der Waals surface area contributed by atoms with Crippen molar-refractivity contribution in [3.8, 4) is 5.75 Å². The molecule has 0 amide bonds. The first kappa shape index (κ1) is 19.3. The second kappa shape index (κ2) is 6.78. The van der Waals surface area contributed by atoms with Gasteiger partial charge in [-0.25, -0.2) is 12.8 Å². The summed E-state index contributed by atoms with van der Waals surface area (Å²) in [5.74, 6) is -1.84. The highest BCUT2D eigenvalue weighted by atomic mass is 32.2. The maximum Gasteiger partial charge on any atom is 0.307 e. The summed E-state index contributed by atoms with van der Waals surface area (Å²) in [5.41, 5.74) is 0.659. The number of benzene rings is 2. The molecule has 2 atom stereocenters. The fourth-order valence-electron chi connectivity index (χ4n) is 3.53. The summed E-state index contributed by atoms with van der Waals surface area (Å²) in [7, 11) is -4.33. The van der Waals surface area contributed by atoms with Gasteiger partial charge in [0.25, 0.3) is 0 Å².